The number of anilines is 1. The maximum Gasteiger partial charge on any atom is 0.416 e. The summed E-state index contributed by atoms with van der Waals surface area (Å²) in [6.45, 7) is -0.0777. The molecule has 0 saturated carbocycles. The van der Waals surface area contributed by atoms with Crippen molar-refractivity contribution in [2.45, 2.75) is 11.1 Å². The minimum atomic E-state index is -4.42. The lowest BCUT2D eigenvalue weighted by Crippen LogP contribution is -2.25. The molecule has 1 aliphatic rings. The summed E-state index contributed by atoms with van der Waals surface area (Å²) < 4.78 is 43.3. The van der Waals surface area contributed by atoms with Crippen molar-refractivity contribution < 1.29 is 27.5 Å². The maximum absolute atomic E-state index is 12.7. The van der Waals surface area contributed by atoms with Gasteiger partial charge in [0.25, 0.3) is 5.91 Å². The first-order chi connectivity index (χ1) is 11.8. The Bertz CT molecular complexity index is 836. The van der Waals surface area contributed by atoms with Gasteiger partial charge in [0.05, 0.1) is 17.0 Å². The SMILES string of the molecule is O=C1COc2ccc(C(=O)CSc3cccc(C(F)(F)F)c3)cc2N1. The summed E-state index contributed by atoms with van der Waals surface area (Å²) in [5.41, 5.74) is 0.00813. The summed E-state index contributed by atoms with van der Waals surface area (Å²) in [5.74, 6) is -0.114. The van der Waals surface area contributed by atoms with E-state index < -0.39 is 11.7 Å². The van der Waals surface area contributed by atoms with E-state index in [0.29, 0.717) is 21.9 Å². The fourth-order valence-corrected chi connectivity index (χ4v) is 3.10. The van der Waals surface area contributed by atoms with Crippen LogP contribution in [0.15, 0.2) is 47.4 Å². The molecule has 1 N–H and O–H groups in total. The van der Waals surface area contributed by atoms with Crippen LogP contribution in [-0.2, 0) is 11.0 Å². The van der Waals surface area contributed by atoms with E-state index in [1.54, 1.807) is 12.1 Å². The first kappa shape index (κ1) is 17.3. The molecule has 0 unspecified atom stereocenters. The van der Waals surface area contributed by atoms with Crippen molar-refractivity contribution in [1.29, 1.82) is 0 Å². The van der Waals surface area contributed by atoms with Gasteiger partial charge in [-0.25, -0.2) is 0 Å². The Morgan fingerprint density at radius 3 is 2.76 bits per heavy atom. The summed E-state index contributed by atoms with van der Waals surface area (Å²) in [6, 6.07) is 9.47. The molecule has 1 amide bonds. The van der Waals surface area contributed by atoms with Gasteiger partial charge in [-0.2, -0.15) is 13.2 Å². The first-order valence-corrected chi connectivity index (χ1v) is 8.21. The molecule has 0 aromatic heterocycles. The van der Waals surface area contributed by atoms with Crippen LogP contribution >= 0.6 is 11.8 Å². The van der Waals surface area contributed by atoms with Crippen LogP contribution in [0.5, 0.6) is 5.75 Å². The highest BCUT2D eigenvalue weighted by Crippen LogP contribution is 2.32. The van der Waals surface area contributed by atoms with Crippen molar-refractivity contribution in [3.63, 3.8) is 0 Å². The Morgan fingerprint density at radius 1 is 1.20 bits per heavy atom. The number of benzene rings is 2. The molecular weight excluding hydrogens is 355 g/mol. The van der Waals surface area contributed by atoms with Crippen LogP contribution in [0.1, 0.15) is 15.9 Å². The molecule has 2 aromatic rings. The molecule has 0 saturated heterocycles. The van der Waals surface area contributed by atoms with Crippen molar-refractivity contribution in [2.75, 3.05) is 17.7 Å². The van der Waals surface area contributed by atoms with E-state index in [1.807, 2.05) is 0 Å². The minimum absolute atomic E-state index is 0.0189. The fraction of sp³-hybridized carbons (Fsp3) is 0.176. The highest BCUT2D eigenvalue weighted by Gasteiger charge is 2.30. The van der Waals surface area contributed by atoms with Crippen molar-refractivity contribution in [1.82, 2.24) is 0 Å². The number of ether oxygens (including phenoxy) is 1. The number of alkyl halides is 3. The normalized spacial score (nSPS) is 13.6. The zero-order valence-corrected chi connectivity index (χ0v) is 13.5. The molecule has 0 bridgehead atoms. The number of hydrogen-bond acceptors (Lipinski definition) is 4. The summed E-state index contributed by atoms with van der Waals surface area (Å²) >= 11 is 1.02. The molecule has 8 heteroatoms. The van der Waals surface area contributed by atoms with E-state index in [1.165, 1.54) is 18.2 Å². The monoisotopic (exact) mass is 367 g/mol. The Balaban J connectivity index is 1.69. The van der Waals surface area contributed by atoms with E-state index in [9.17, 15) is 22.8 Å². The van der Waals surface area contributed by atoms with Gasteiger partial charge in [0.1, 0.15) is 5.75 Å². The van der Waals surface area contributed by atoms with Crippen LogP contribution in [0.3, 0.4) is 0 Å². The molecule has 2 aromatic carbocycles. The quantitative estimate of drug-likeness (QED) is 0.655. The average Bonchev–Trinajstić information content (AvgIpc) is 2.58. The Morgan fingerprint density at radius 2 is 2.00 bits per heavy atom. The number of carbonyl (C=O) groups excluding carboxylic acids is 2. The molecule has 3 rings (SSSR count). The molecule has 0 atom stereocenters. The molecule has 1 aliphatic heterocycles. The van der Waals surface area contributed by atoms with Gasteiger partial charge in [-0.1, -0.05) is 6.07 Å². The van der Waals surface area contributed by atoms with Crippen LogP contribution in [0.4, 0.5) is 18.9 Å². The number of carbonyl (C=O) groups is 2. The summed E-state index contributed by atoms with van der Waals surface area (Å²) in [4.78, 5) is 23.9. The second kappa shape index (κ2) is 6.79. The summed E-state index contributed by atoms with van der Waals surface area (Å²) in [6.07, 6.45) is -4.42. The molecule has 130 valence electrons. The lowest BCUT2D eigenvalue weighted by Gasteiger charge is -2.18. The van der Waals surface area contributed by atoms with E-state index >= 15 is 0 Å². The molecule has 0 aliphatic carbocycles. The van der Waals surface area contributed by atoms with E-state index in [-0.39, 0.29) is 24.1 Å². The second-order valence-corrected chi connectivity index (χ2v) is 6.33. The molecule has 25 heavy (non-hydrogen) atoms. The van der Waals surface area contributed by atoms with Crippen LogP contribution < -0.4 is 10.1 Å². The zero-order chi connectivity index (χ0) is 18.0. The predicted octanol–water partition coefficient (Wildman–Crippen LogP) is 4.01. The number of rotatable bonds is 4. The highest BCUT2D eigenvalue weighted by molar-refractivity contribution is 8.00. The maximum atomic E-state index is 12.7. The molecule has 0 spiro atoms. The predicted molar refractivity (Wildman–Crippen MR) is 87.1 cm³/mol. The molecule has 4 nitrogen and oxygen atoms in total. The van der Waals surface area contributed by atoms with E-state index in [4.69, 9.17) is 4.74 Å². The third-order valence-corrected chi connectivity index (χ3v) is 4.46. The van der Waals surface area contributed by atoms with Crippen LogP contribution in [0.2, 0.25) is 0 Å². The van der Waals surface area contributed by atoms with Crippen molar-refractivity contribution in [2.24, 2.45) is 0 Å². The van der Waals surface area contributed by atoms with Crippen molar-refractivity contribution in [3.8, 4) is 5.75 Å². The van der Waals surface area contributed by atoms with Gasteiger partial charge >= 0.3 is 6.18 Å². The van der Waals surface area contributed by atoms with E-state index in [0.717, 1.165) is 23.9 Å². The first-order valence-electron chi connectivity index (χ1n) is 7.23. The van der Waals surface area contributed by atoms with Crippen LogP contribution in [-0.4, -0.2) is 24.1 Å². The number of fused-ring (bicyclic) bond motifs is 1. The molecule has 0 fully saturated rings. The van der Waals surface area contributed by atoms with Crippen molar-refractivity contribution in [3.05, 3.63) is 53.6 Å². The smallest absolute Gasteiger partial charge is 0.416 e. The number of hydrogen-bond donors (Lipinski definition) is 1. The number of halogens is 3. The van der Waals surface area contributed by atoms with Gasteiger partial charge < -0.3 is 10.1 Å². The van der Waals surface area contributed by atoms with Gasteiger partial charge in [0, 0.05) is 10.5 Å². The standard InChI is InChI=1S/C17H12F3NO3S/c18-17(19,20)11-2-1-3-12(7-11)25-9-14(22)10-4-5-15-13(6-10)21-16(23)8-24-15/h1-7H,8-9H2,(H,21,23). The van der Waals surface area contributed by atoms with Gasteiger partial charge in [0.2, 0.25) is 0 Å². The van der Waals surface area contributed by atoms with Crippen molar-refractivity contribution >= 4 is 29.1 Å². The molecule has 0 radical (unpaired) electrons. The highest BCUT2D eigenvalue weighted by atomic mass is 32.2. The largest absolute Gasteiger partial charge is 0.482 e. The second-order valence-electron chi connectivity index (χ2n) is 5.29. The van der Waals surface area contributed by atoms with Crippen LogP contribution in [0, 0.1) is 0 Å². The third kappa shape index (κ3) is 4.14. The summed E-state index contributed by atoms with van der Waals surface area (Å²) in [5, 5.41) is 2.61. The number of nitrogens with one attached hydrogen (secondary N) is 1. The number of amides is 1. The number of ketones is 1. The lowest BCUT2D eigenvalue weighted by molar-refractivity contribution is -0.137. The lowest BCUT2D eigenvalue weighted by atomic mass is 10.1. The van der Waals surface area contributed by atoms with Gasteiger partial charge in [0.15, 0.2) is 12.4 Å². The summed E-state index contributed by atoms with van der Waals surface area (Å²) in [7, 11) is 0. The fourth-order valence-electron chi connectivity index (χ4n) is 2.25. The van der Waals surface area contributed by atoms with Crippen LogP contribution in [0.25, 0.3) is 0 Å². The Kier molecular flexibility index (Phi) is 4.71. The number of Topliss-reactive ketones (excluding diaryl/α,β-unsaturated/α-hetero) is 1. The number of thioether (sulfide) groups is 1. The third-order valence-electron chi connectivity index (χ3n) is 3.47. The van der Waals surface area contributed by atoms with Gasteiger partial charge in [-0.15, -0.1) is 11.8 Å². The van der Waals surface area contributed by atoms with Gasteiger partial charge in [-0.05, 0) is 36.4 Å². The Hall–Kier alpha value is -2.48. The average molecular weight is 367 g/mol. The zero-order valence-electron chi connectivity index (χ0n) is 12.7. The minimum Gasteiger partial charge on any atom is -0.482 e. The van der Waals surface area contributed by atoms with E-state index in [2.05, 4.69) is 5.32 Å². The topological polar surface area (TPSA) is 55.4 Å². The Labute approximate surface area is 145 Å². The molecular formula is C17H12F3NO3S. The molecule has 1 heterocycles. The van der Waals surface area contributed by atoms with Gasteiger partial charge in [-0.3, -0.25) is 9.59 Å².